The van der Waals surface area contributed by atoms with Gasteiger partial charge >= 0.3 is 0 Å². The Morgan fingerprint density at radius 2 is 0.696 bits per heavy atom. The van der Waals surface area contributed by atoms with Gasteiger partial charge in [-0.15, -0.1) is 0 Å². The summed E-state index contributed by atoms with van der Waals surface area (Å²) in [5, 5.41) is 0. The Hall–Kier alpha value is -4.95. The molecule has 4 heteroatoms. The fourth-order valence-electron chi connectivity index (χ4n) is 9.27. The van der Waals surface area contributed by atoms with E-state index in [0.717, 1.165) is 0 Å². The molecule has 3 heterocycles. The van der Waals surface area contributed by atoms with Gasteiger partial charge in [0.25, 0.3) is 0 Å². The summed E-state index contributed by atoms with van der Waals surface area (Å²) >= 11 is 0. The number of hydrogen-bond acceptors (Lipinski definition) is 2. The topological polar surface area (TPSA) is 6.48 Å². The lowest BCUT2D eigenvalue weighted by Gasteiger charge is -2.49. The molecule has 220 valence electrons. The van der Waals surface area contributed by atoms with E-state index in [4.69, 9.17) is 0 Å². The maximum Gasteiger partial charge on any atom is 0.247 e. The van der Waals surface area contributed by atoms with Crippen LogP contribution in [0.2, 0.25) is 0 Å². The van der Waals surface area contributed by atoms with Crippen LogP contribution in [0.4, 0.5) is 34.1 Å². The van der Waals surface area contributed by atoms with E-state index in [1.54, 1.807) is 0 Å². The smallest absolute Gasteiger partial charge is 0.247 e. The molecule has 0 unspecified atom stereocenters. The predicted octanol–water partition coefficient (Wildman–Crippen LogP) is 6.45. The summed E-state index contributed by atoms with van der Waals surface area (Å²) < 4.78 is 0. The quantitative estimate of drug-likeness (QED) is 0.214. The van der Waals surface area contributed by atoms with Crippen LogP contribution in [0.5, 0.6) is 0 Å². The molecule has 0 amide bonds. The maximum atomic E-state index is 2.57. The molecule has 0 aromatic heterocycles. The van der Waals surface area contributed by atoms with Crippen LogP contribution in [0.3, 0.4) is 0 Å². The first-order chi connectivity index (χ1) is 22.3. The van der Waals surface area contributed by atoms with Gasteiger partial charge in [-0.2, -0.15) is 0 Å². The lowest BCUT2D eigenvalue weighted by molar-refractivity contribution is 1.18. The molecule has 0 spiro atoms. The van der Waals surface area contributed by atoms with E-state index >= 15 is 0 Å². The van der Waals surface area contributed by atoms with Gasteiger partial charge in [0.05, 0.1) is 22.7 Å². The first-order valence-corrected chi connectivity index (χ1v) is 16.5. The molecule has 6 aromatic carbocycles. The standard InChI is InChI=1S/C42H36B2N2/c1-25-21-27(3)39(28(4)22-25)43-31-13-7-9-17-35(31)45-38-20-12-16-34-42(38)46(37-19-11-15-33(43)41(37)45)36-18-10-8-14-32(36)44(34)40-29(5)23-26(2)24-30(40)6/h7-24H,1-6H3. The Morgan fingerprint density at radius 1 is 0.370 bits per heavy atom. The third-order valence-electron chi connectivity index (χ3n) is 10.7. The molecule has 0 atom stereocenters. The number of rotatable bonds is 2. The highest BCUT2D eigenvalue weighted by Gasteiger charge is 2.46. The predicted molar refractivity (Wildman–Crippen MR) is 200 cm³/mol. The van der Waals surface area contributed by atoms with Crippen molar-refractivity contribution in [1.82, 2.24) is 0 Å². The minimum absolute atomic E-state index is 0.151. The molecule has 0 N–H and O–H groups in total. The van der Waals surface area contributed by atoms with E-state index in [9.17, 15) is 0 Å². The summed E-state index contributed by atoms with van der Waals surface area (Å²) in [4.78, 5) is 5.15. The van der Waals surface area contributed by atoms with Gasteiger partial charge in [-0.3, -0.25) is 0 Å². The van der Waals surface area contributed by atoms with Gasteiger partial charge < -0.3 is 9.80 Å². The number of fused-ring (bicyclic) bond motifs is 6. The lowest BCUT2D eigenvalue weighted by Crippen LogP contribution is -2.61. The maximum absolute atomic E-state index is 2.57. The lowest BCUT2D eigenvalue weighted by atomic mass is 9.33. The fourth-order valence-corrected chi connectivity index (χ4v) is 9.27. The van der Waals surface area contributed by atoms with Crippen LogP contribution in [0.25, 0.3) is 0 Å². The zero-order valence-corrected chi connectivity index (χ0v) is 27.4. The van der Waals surface area contributed by atoms with Crippen molar-refractivity contribution in [1.29, 1.82) is 0 Å². The van der Waals surface area contributed by atoms with Crippen molar-refractivity contribution in [3.05, 3.63) is 143 Å². The van der Waals surface area contributed by atoms with Crippen molar-refractivity contribution >= 4 is 80.3 Å². The Kier molecular flexibility index (Phi) is 5.81. The second kappa shape index (κ2) is 9.77. The molecule has 0 aliphatic carbocycles. The molecule has 0 fully saturated rings. The van der Waals surface area contributed by atoms with E-state index in [2.05, 4.69) is 161 Å². The molecule has 3 aliphatic rings. The van der Waals surface area contributed by atoms with E-state index in [1.807, 2.05) is 0 Å². The minimum atomic E-state index is 0.151. The van der Waals surface area contributed by atoms with Crippen LogP contribution in [-0.4, -0.2) is 13.4 Å². The van der Waals surface area contributed by atoms with Crippen molar-refractivity contribution in [3.63, 3.8) is 0 Å². The highest BCUT2D eigenvalue weighted by molar-refractivity contribution is 6.99. The first-order valence-electron chi connectivity index (χ1n) is 16.5. The zero-order chi connectivity index (χ0) is 31.4. The summed E-state index contributed by atoms with van der Waals surface area (Å²) in [6.07, 6.45) is 0. The first kappa shape index (κ1) is 27.4. The third-order valence-corrected chi connectivity index (χ3v) is 10.7. The van der Waals surface area contributed by atoms with E-state index in [0.29, 0.717) is 0 Å². The average molecular weight is 590 g/mol. The molecule has 0 saturated heterocycles. The molecule has 0 saturated carbocycles. The number of para-hydroxylation sites is 4. The molecule has 0 bridgehead atoms. The van der Waals surface area contributed by atoms with Crippen LogP contribution < -0.4 is 42.6 Å². The largest absolute Gasteiger partial charge is 0.307 e. The SMILES string of the molecule is Cc1cc(C)c(B2c3ccccc3N3c4cccc5c4N(c4ccccc4B5c4c(C)cc(C)cc4C)c4cccc2c43)c(C)c1. The van der Waals surface area contributed by atoms with Crippen LogP contribution in [0, 0.1) is 41.5 Å². The van der Waals surface area contributed by atoms with E-state index < -0.39 is 0 Å². The highest BCUT2D eigenvalue weighted by Crippen LogP contribution is 2.54. The second-order valence-electron chi connectivity index (χ2n) is 13.7. The zero-order valence-electron chi connectivity index (χ0n) is 27.4. The number of hydrogen-bond donors (Lipinski definition) is 0. The average Bonchev–Trinajstić information content (AvgIpc) is 3.03. The molecule has 2 nitrogen and oxygen atoms in total. The van der Waals surface area contributed by atoms with Crippen molar-refractivity contribution in [3.8, 4) is 0 Å². The van der Waals surface area contributed by atoms with Gasteiger partial charge in [0, 0.05) is 11.4 Å². The van der Waals surface area contributed by atoms with Crippen molar-refractivity contribution < 1.29 is 0 Å². The Morgan fingerprint density at radius 3 is 1.09 bits per heavy atom. The second-order valence-corrected chi connectivity index (χ2v) is 13.7. The Balaban J connectivity index is 1.38. The highest BCUT2D eigenvalue weighted by atomic mass is 15.3. The molecule has 0 radical (unpaired) electrons. The van der Waals surface area contributed by atoms with Gasteiger partial charge in [0.1, 0.15) is 0 Å². The summed E-state index contributed by atoms with van der Waals surface area (Å²) in [5.41, 5.74) is 24.0. The molecular weight excluding hydrogens is 554 g/mol. The number of benzene rings is 6. The summed E-state index contributed by atoms with van der Waals surface area (Å²) in [6.45, 7) is 13.9. The van der Waals surface area contributed by atoms with Gasteiger partial charge in [-0.25, -0.2) is 0 Å². The number of anilines is 6. The number of aryl methyl sites for hydroxylation is 6. The number of nitrogens with zero attached hydrogens (tertiary/aromatic N) is 2. The van der Waals surface area contributed by atoms with Gasteiger partial charge in [-0.05, 0) is 87.7 Å². The fraction of sp³-hybridized carbons (Fsp3) is 0.143. The molecule has 6 aromatic rings. The van der Waals surface area contributed by atoms with Crippen LogP contribution >= 0.6 is 0 Å². The monoisotopic (exact) mass is 590 g/mol. The normalized spacial score (nSPS) is 13.7. The Labute approximate surface area is 273 Å². The molecule has 9 rings (SSSR count). The van der Waals surface area contributed by atoms with E-state index in [-0.39, 0.29) is 13.4 Å². The van der Waals surface area contributed by atoms with Gasteiger partial charge in [-0.1, -0.05) is 129 Å². The van der Waals surface area contributed by atoms with Gasteiger partial charge in [0.2, 0.25) is 13.4 Å². The van der Waals surface area contributed by atoms with Gasteiger partial charge in [0.15, 0.2) is 0 Å². The van der Waals surface area contributed by atoms with Crippen molar-refractivity contribution in [2.24, 2.45) is 0 Å². The molecular formula is C42H36B2N2. The van der Waals surface area contributed by atoms with Crippen LogP contribution in [0.15, 0.2) is 109 Å². The van der Waals surface area contributed by atoms with Crippen molar-refractivity contribution in [2.75, 3.05) is 9.80 Å². The Bertz CT molecular complexity index is 2060. The summed E-state index contributed by atoms with van der Waals surface area (Å²) in [5.74, 6) is 0. The minimum Gasteiger partial charge on any atom is -0.307 e. The molecule has 3 aliphatic heterocycles. The van der Waals surface area contributed by atoms with Crippen LogP contribution in [-0.2, 0) is 0 Å². The van der Waals surface area contributed by atoms with E-state index in [1.165, 1.54) is 100 Å². The van der Waals surface area contributed by atoms with Crippen molar-refractivity contribution in [2.45, 2.75) is 41.5 Å². The summed E-state index contributed by atoms with van der Waals surface area (Å²) in [7, 11) is 0. The van der Waals surface area contributed by atoms with Crippen LogP contribution in [0.1, 0.15) is 33.4 Å². The third kappa shape index (κ3) is 3.62. The molecule has 46 heavy (non-hydrogen) atoms. The summed E-state index contributed by atoms with van der Waals surface area (Å²) in [6, 6.07) is 41.6.